The van der Waals surface area contributed by atoms with Gasteiger partial charge in [-0.25, -0.2) is 9.67 Å². The van der Waals surface area contributed by atoms with Crippen molar-refractivity contribution in [1.82, 2.24) is 14.8 Å². The minimum atomic E-state index is -0.158. The summed E-state index contributed by atoms with van der Waals surface area (Å²) in [5.41, 5.74) is 1.31. The van der Waals surface area contributed by atoms with E-state index in [2.05, 4.69) is 22.3 Å². The Morgan fingerprint density at radius 2 is 2.20 bits per heavy atom. The van der Waals surface area contributed by atoms with Crippen molar-refractivity contribution in [2.75, 3.05) is 11.9 Å². The molecule has 0 saturated carbocycles. The van der Waals surface area contributed by atoms with E-state index in [1.165, 1.54) is 4.68 Å². The van der Waals surface area contributed by atoms with Crippen molar-refractivity contribution in [3.05, 3.63) is 51.0 Å². The largest absolute Gasteiger partial charge is 0.370 e. The van der Waals surface area contributed by atoms with Crippen LogP contribution in [0.2, 0.25) is 5.02 Å². The Labute approximate surface area is 122 Å². The second-order valence-electron chi connectivity index (χ2n) is 4.58. The summed E-state index contributed by atoms with van der Waals surface area (Å²) in [5.74, 6) is 0.756. The highest BCUT2D eigenvalue weighted by Gasteiger charge is 2.07. The molecule has 6 heteroatoms. The SMILES string of the molecule is CCCNc1ccc(Cl)c(Cn2ncc(C)cc2=O)n1. The molecule has 1 N–H and O–H groups in total. The summed E-state index contributed by atoms with van der Waals surface area (Å²) in [6, 6.07) is 5.15. The van der Waals surface area contributed by atoms with Crippen molar-refractivity contribution >= 4 is 17.4 Å². The van der Waals surface area contributed by atoms with Crippen LogP contribution in [0.25, 0.3) is 0 Å². The van der Waals surface area contributed by atoms with Gasteiger partial charge in [0.05, 0.1) is 23.5 Å². The lowest BCUT2D eigenvalue weighted by molar-refractivity contribution is 0.625. The second kappa shape index (κ2) is 6.52. The molecule has 0 aliphatic carbocycles. The zero-order chi connectivity index (χ0) is 14.5. The van der Waals surface area contributed by atoms with E-state index >= 15 is 0 Å². The maximum atomic E-state index is 11.8. The van der Waals surface area contributed by atoms with Crippen LogP contribution in [-0.4, -0.2) is 21.3 Å². The lowest BCUT2D eigenvalue weighted by atomic mass is 10.3. The van der Waals surface area contributed by atoms with Crippen LogP contribution in [0.3, 0.4) is 0 Å². The summed E-state index contributed by atoms with van der Waals surface area (Å²) in [7, 11) is 0. The molecule has 0 aromatic carbocycles. The molecular formula is C14H17ClN4O. The minimum Gasteiger partial charge on any atom is -0.370 e. The molecule has 0 saturated heterocycles. The number of aromatic nitrogens is 3. The first-order chi connectivity index (χ1) is 9.60. The summed E-state index contributed by atoms with van der Waals surface area (Å²) >= 11 is 6.13. The van der Waals surface area contributed by atoms with Gasteiger partial charge >= 0.3 is 0 Å². The predicted molar refractivity (Wildman–Crippen MR) is 80.4 cm³/mol. The zero-order valence-corrected chi connectivity index (χ0v) is 12.3. The third kappa shape index (κ3) is 3.57. The molecule has 2 heterocycles. The van der Waals surface area contributed by atoms with Gasteiger partial charge in [0.25, 0.3) is 5.56 Å². The Morgan fingerprint density at radius 1 is 1.40 bits per heavy atom. The summed E-state index contributed by atoms with van der Waals surface area (Å²) in [4.78, 5) is 16.3. The molecule has 0 atom stereocenters. The number of hydrogen-bond donors (Lipinski definition) is 1. The number of rotatable bonds is 5. The highest BCUT2D eigenvalue weighted by molar-refractivity contribution is 6.31. The van der Waals surface area contributed by atoms with Gasteiger partial charge in [0.15, 0.2) is 0 Å². The zero-order valence-electron chi connectivity index (χ0n) is 11.6. The summed E-state index contributed by atoms with van der Waals surface area (Å²) < 4.78 is 1.35. The third-order valence-electron chi connectivity index (χ3n) is 2.78. The molecule has 0 amide bonds. The molecule has 0 aliphatic rings. The summed E-state index contributed by atoms with van der Waals surface area (Å²) in [6.07, 6.45) is 2.66. The van der Waals surface area contributed by atoms with E-state index in [0.717, 1.165) is 24.3 Å². The first-order valence-electron chi connectivity index (χ1n) is 6.53. The van der Waals surface area contributed by atoms with E-state index in [0.29, 0.717) is 10.7 Å². The average Bonchev–Trinajstić information content (AvgIpc) is 2.42. The van der Waals surface area contributed by atoms with Crippen LogP contribution in [0.15, 0.2) is 29.2 Å². The lowest BCUT2D eigenvalue weighted by Crippen LogP contribution is -2.23. The van der Waals surface area contributed by atoms with E-state index in [1.807, 2.05) is 13.0 Å². The minimum absolute atomic E-state index is 0.158. The molecular weight excluding hydrogens is 276 g/mol. The highest BCUT2D eigenvalue weighted by Crippen LogP contribution is 2.17. The van der Waals surface area contributed by atoms with Gasteiger partial charge in [-0.2, -0.15) is 5.10 Å². The highest BCUT2D eigenvalue weighted by atomic mass is 35.5. The Balaban J connectivity index is 2.25. The van der Waals surface area contributed by atoms with E-state index in [4.69, 9.17) is 11.6 Å². The van der Waals surface area contributed by atoms with Gasteiger partial charge in [0.1, 0.15) is 5.82 Å². The molecule has 106 valence electrons. The number of nitrogens with one attached hydrogen (secondary N) is 1. The molecule has 0 bridgehead atoms. The second-order valence-corrected chi connectivity index (χ2v) is 4.99. The molecule has 0 aliphatic heterocycles. The van der Waals surface area contributed by atoms with Crippen LogP contribution in [-0.2, 0) is 6.54 Å². The smallest absolute Gasteiger partial charge is 0.267 e. The van der Waals surface area contributed by atoms with E-state index in [1.54, 1.807) is 18.3 Å². The van der Waals surface area contributed by atoms with Gasteiger partial charge in [-0.15, -0.1) is 0 Å². The Kier molecular flexibility index (Phi) is 4.74. The average molecular weight is 293 g/mol. The number of pyridine rings is 1. The lowest BCUT2D eigenvalue weighted by Gasteiger charge is -2.09. The normalized spacial score (nSPS) is 10.6. The van der Waals surface area contributed by atoms with Crippen LogP contribution in [0.1, 0.15) is 24.6 Å². The van der Waals surface area contributed by atoms with Gasteiger partial charge in [0, 0.05) is 12.6 Å². The fourth-order valence-electron chi connectivity index (χ4n) is 1.73. The van der Waals surface area contributed by atoms with E-state index < -0.39 is 0 Å². The van der Waals surface area contributed by atoms with E-state index in [-0.39, 0.29) is 12.1 Å². The van der Waals surface area contributed by atoms with Crippen LogP contribution >= 0.6 is 11.6 Å². The van der Waals surface area contributed by atoms with Crippen molar-refractivity contribution < 1.29 is 0 Å². The Bertz CT molecular complexity index is 654. The van der Waals surface area contributed by atoms with Crippen LogP contribution < -0.4 is 10.9 Å². The molecule has 0 unspecified atom stereocenters. The maximum Gasteiger partial charge on any atom is 0.267 e. The standard InChI is InChI=1S/C14H17ClN4O/c1-3-6-16-13-5-4-11(15)12(18-13)9-19-14(20)7-10(2)8-17-19/h4-5,7-8H,3,6,9H2,1-2H3,(H,16,18). The van der Waals surface area contributed by atoms with Gasteiger partial charge in [-0.1, -0.05) is 18.5 Å². The number of anilines is 1. The van der Waals surface area contributed by atoms with Gasteiger partial charge in [-0.05, 0) is 31.0 Å². The van der Waals surface area contributed by atoms with Crippen molar-refractivity contribution in [1.29, 1.82) is 0 Å². The molecule has 2 aromatic heterocycles. The van der Waals surface area contributed by atoms with Crippen LogP contribution in [0, 0.1) is 6.92 Å². The molecule has 0 radical (unpaired) electrons. The fourth-order valence-corrected chi connectivity index (χ4v) is 1.90. The molecule has 20 heavy (non-hydrogen) atoms. The van der Waals surface area contributed by atoms with Crippen LogP contribution in [0.4, 0.5) is 5.82 Å². The maximum absolute atomic E-state index is 11.8. The number of nitrogens with zero attached hydrogens (tertiary/aromatic N) is 3. The monoisotopic (exact) mass is 292 g/mol. The molecule has 0 spiro atoms. The van der Waals surface area contributed by atoms with Crippen molar-refractivity contribution in [2.45, 2.75) is 26.8 Å². The quantitative estimate of drug-likeness (QED) is 0.920. The van der Waals surface area contributed by atoms with Crippen molar-refractivity contribution in [3.8, 4) is 0 Å². The Morgan fingerprint density at radius 3 is 2.90 bits per heavy atom. The summed E-state index contributed by atoms with van der Waals surface area (Å²) in [5, 5.41) is 7.81. The van der Waals surface area contributed by atoms with Gasteiger partial charge < -0.3 is 5.32 Å². The predicted octanol–water partition coefficient (Wildman–Crippen LogP) is 2.47. The Hall–Kier alpha value is -1.88. The molecule has 2 aromatic rings. The molecule has 2 rings (SSSR count). The number of halogens is 1. The van der Waals surface area contributed by atoms with Crippen molar-refractivity contribution in [3.63, 3.8) is 0 Å². The van der Waals surface area contributed by atoms with Crippen LogP contribution in [0.5, 0.6) is 0 Å². The number of hydrogen-bond acceptors (Lipinski definition) is 4. The number of aryl methyl sites for hydroxylation is 1. The van der Waals surface area contributed by atoms with Crippen molar-refractivity contribution in [2.24, 2.45) is 0 Å². The van der Waals surface area contributed by atoms with Gasteiger partial charge in [-0.3, -0.25) is 4.79 Å². The topological polar surface area (TPSA) is 59.8 Å². The van der Waals surface area contributed by atoms with Gasteiger partial charge in [0.2, 0.25) is 0 Å². The fraction of sp³-hybridized carbons (Fsp3) is 0.357. The summed E-state index contributed by atoms with van der Waals surface area (Å²) in [6.45, 7) is 5.02. The third-order valence-corrected chi connectivity index (χ3v) is 3.12. The first-order valence-corrected chi connectivity index (χ1v) is 6.91. The molecule has 5 nitrogen and oxygen atoms in total. The van der Waals surface area contributed by atoms with E-state index in [9.17, 15) is 4.79 Å². The first kappa shape index (κ1) is 14.5. The molecule has 0 fully saturated rings.